The third-order valence-corrected chi connectivity index (χ3v) is 7.89. The number of nitro benzene ring substituents is 1. The normalized spacial score (nSPS) is 16.7. The summed E-state index contributed by atoms with van der Waals surface area (Å²) in [5.74, 6) is -0.352. The smallest absolute Gasteiger partial charge is 0.269 e. The first-order valence-corrected chi connectivity index (χ1v) is 12.5. The van der Waals surface area contributed by atoms with Gasteiger partial charge in [0.1, 0.15) is 5.82 Å². The molecule has 0 N–H and O–H groups in total. The Morgan fingerprint density at radius 3 is 2.38 bits per heavy atom. The first-order valence-electron chi connectivity index (χ1n) is 12.5. The van der Waals surface area contributed by atoms with Crippen LogP contribution in [0.25, 0.3) is 10.8 Å². The van der Waals surface area contributed by atoms with E-state index in [1.807, 2.05) is 47.4 Å². The number of benzene rings is 4. The van der Waals surface area contributed by atoms with Crippen molar-refractivity contribution in [3.05, 3.63) is 118 Å². The average molecular weight is 496 g/mol. The van der Waals surface area contributed by atoms with Gasteiger partial charge in [0, 0.05) is 41.9 Å². The lowest BCUT2D eigenvalue weighted by atomic mass is 9.74. The van der Waals surface area contributed by atoms with Crippen molar-refractivity contribution in [1.82, 2.24) is 4.90 Å². The number of hydrogen-bond acceptors (Lipinski definition) is 4. The third-order valence-electron chi connectivity index (χ3n) is 7.89. The molecule has 186 valence electrons. The minimum Gasteiger partial charge on any atom is -0.307 e. The SMILES string of the molecule is O=C(c1ccc2ccccc2c1)N1CC2(CCN(Cc3ccc([N+](=O)[O-])cc3)CC2)c2cc(F)ccc21. The highest BCUT2D eigenvalue weighted by molar-refractivity contribution is 6.09. The van der Waals surface area contributed by atoms with Gasteiger partial charge in [-0.3, -0.25) is 19.8 Å². The van der Waals surface area contributed by atoms with Crippen molar-refractivity contribution in [2.75, 3.05) is 24.5 Å². The van der Waals surface area contributed by atoms with E-state index in [9.17, 15) is 19.3 Å². The topological polar surface area (TPSA) is 66.7 Å². The number of carbonyl (C=O) groups excluding carboxylic acids is 1. The number of nitro groups is 1. The molecule has 0 atom stereocenters. The molecule has 1 amide bonds. The molecule has 0 radical (unpaired) electrons. The Hall–Kier alpha value is -4.10. The number of piperidine rings is 1. The molecule has 6 rings (SSSR count). The predicted octanol–water partition coefficient (Wildman–Crippen LogP) is 6.08. The number of fused-ring (bicyclic) bond motifs is 3. The highest BCUT2D eigenvalue weighted by atomic mass is 19.1. The molecule has 4 aromatic rings. The van der Waals surface area contributed by atoms with Crippen LogP contribution >= 0.6 is 0 Å². The van der Waals surface area contributed by atoms with Crippen molar-refractivity contribution in [2.24, 2.45) is 0 Å². The summed E-state index contributed by atoms with van der Waals surface area (Å²) in [7, 11) is 0. The molecule has 6 nitrogen and oxygen atoms in total. The number of non-ortho nitro benzene ring substituents is 1. The first kappa shape index (κ1) is 23.3. The van der Waals surface area contributed by atoms with Gasteiger partial charge >= 0.3 is 0 Å². The molecule has 1 spiro atoms. The monoisotopic (exact) mass is 495 g/mol. The molecule has 2 aliphatic heterocycles. The average Bonchev–Trinajstić information content (AvgIpc) is 3.22. The van der Waals surface area contributed by atoms with Crippen LogP contribution in [-0.4, -0.2) is 35.4 Å². The zero-order valence-electron chi connectivity index (χ0n) is 20.3. The number of anilines is 1. The Labute approximate surface area is 214 Å². The highest BCUT2D eigenvalue weighted by Crippen LogP contribution is 2.48. The molecule has 1 saturated heterocycles. The maximum atomic E-state index is 14.4. The molecule has 2 aliphatic rings. The van der Waals surface area contributed by atoms with Gasteiger partial charge < -0.3 is 4.90 Å². The van der Waals surface area contributed by atoms with Crippen molar-refractivity contribution >= 4 is 28.1 Å². The number of carbonyl (C=O) groups is 1. The maximum absolute atomic E-state index is 14.4. The fourth-order valence-corrected chi connectivity index (χ4v) is 5.85. The number of likely N-dealkylation sites (tertiary alicyclic amines) is 1. The predicted molar refractivity (Wildman–Crippen MR) is 141 cm³/mol. The van der Waals surface area contributed by atoms with Crippen LogP contribution in [0.5, 0.6) is 0 Å². The zero-order chi connectivity index (χ0) is 25.6. The van der Waals surface area contributed by atoms with E-state index in [0.29, 0.717) is 18.7 Å². The van der Waals surface area contributed by atoms with E-state index in [1.165, 1.54) is 18.2 Å². The molecule has 2 heterocycles. The molecule has 7 heteroatoms. The molecule has 4 aromatic carbocycles. The number of halogens is 1. The van der Waals surface area contributed by atoms with E-state index in [-0.39, 0.29) is 22.8 Å². The Bertz CT molecular complexity index is 1510. The van der Waals surface area contributed by atoms with Crippen LogP contribution in [0, 0.1) is 15.9 Å². The minimum absolute atomic E-state index is 0.0659. The Balaban J connectivity index is 1.23. The van der Waals surface area contributed by atoms with Crippen LogP contribution in [0.4, 0.5) is 15.8 Å². The summed E-state index contributed by atoms with van der Waals surface area (Å²) in [6.45, 7) is 2.82. The van der Waals surface area contributed by atoms with Crippen LogP contribution in [0.1, 0.15) is 34.3 Å². The lowest BCUT2D eigenvalue weighted by Crippen LogP contribution is -2.45. The molecular weight excluding hydrogens is 469 g/mol. The highest BCUT2D eigenvalue weighted by Gasteiger charge is 2.46. The minimum atomic E-state index is -0.393. The quantitative estimate of drug-likeness (QED) is 0.254. The first-order chi connectivity index (χ1) is 17.9. The summed E-state index contributed by atoms with van der Waals surface area (Å²) in [5, 5.41) is 13.0. The summed E-state index contributed by atoms with van der Waals surface area (Å²) in [5.41, 5.74) is 3.15. The lowest BCUT2D eigenvalue weighted by molar-refractivity contribution is -0.384. The van der Waals surface area contributed by atoms with Crippen molar-refractivity contribution < 1.29 is 14.1 Å². The van der Waals surface area contributed by atoms with Gasteiger partial charge in [-0.05, 0) is 78.2 Å². The second-order valence-electron chi connectivity index (χ2n) is 10.1. The van der Waals surface area contributed by atoms with Crippen LogP contribution < -0.4 is 4.90 Å². The van der Waals surface area contributed by atoms with Crippen molar-refractivity contribution in [3.8, 4) is 0 Å². The zero-order valence-corrected chi connectivity index (χ0v) is 20.3. The summed E-state index contributed by atoms with van der Waals surface area (Å²) in [6.07, 6.45) is 1.61. The van der Waals surface area contributed by atoms with Gasteiger partial charge in [0.2, 0.25) is 0 Å². The van der Waals surface area contributed by atoms with E-state index in [0.717, 1.165) is 53.5 Å². The summed E-state index contributed by atoms with van der Waals surface area (Å²) in [4.78, 5) is 28.4. The van der Waals surface area contributed by atoms with Crippen LogP contribution in [0.3, 0.4) is 0 Å². The van der Waals surface area contributed by atoms with E-state index in [2.05, 4.69) is 4.90 Å². The number of rotatable bonds is 4. The van der Waals surface area contributed by atoms with Gasteiger partial charge in [0.05, 0.1) is 4.92 Å². The molecule has 0 aromatic heterocycles. The molecule has 37 heavy (non-hydrogen) atoms. The fourth-order valence-electron chi connectivity index (χ4n) is 5.85. The number of hydrogen-bond donors (Lipinski definition) is 0. The molecule has 0 saturated carbocycles. The Morgan fingerprint density at radius 1 is 0.919 bits per heavy atom. The summed E-state index contributed by atoms with van der Waals surface area (Å²) < 4.78 is 14.4. The molecule has 0 unspecified atom stereocenters. The summed E-state index contributed by atoms with van der Waals surface area (Å²) in [6, 6.07) is 25.2. The van der Waals surface area contributed by atoms with Crippen molar-refractivity contribution in [3.63, 3.8) is 0 Å². The molecular formula is C30H26FN3O3. The fraction of sp³-hybridized carbons (Fsp3) is 0.233. The third kappa shape index (κ3) is 4.25. The van der Waals surface area contributed by atoms with Crippen molar-refractivity contribution in [1.29, 1.82) is 0 Å². The summed E-state index contributed by atoms with van der Waals surface area (Å²) >= 11 is 0. The van der Waals surface area contributed by atoms with Gasteiger partial charge in [-0.1, -0.05) is 42.5 Å². The van der Waals surface area contributed by atoms with Gasteiger partial charge in [-0.2, -0.15) is 0 Å². The van der Waals surface area contributed by atoms with E-state index in [4.69, 9.17) is 0 Å². The molecule has 0 aliphatic carbocycles. The lowest BCUT2D eigenvalue weighted by Gasteiger charge is -2.40. The van der Waals surface area contributed by atoms with Gasteiger partial charge in [0.25, 0.3) is 11.6 Å². The number of nitrogens with zero attached hydrogens (tertiary/aromatic N) is 3. The standard InChI is InChI=1S/C30H26FN3O3/c31-25-9-12-28-27(18-25)30(13-15-32(16-14-30)19-21-5-10-26(11-6-21)34(36)37)20-33(28)29(35)24-8-7-22-3-1-2-4-23(22)17-24/h1-12,17-18H,13-16,19-20H2. The molecule has 1 fully saturated rings. The van der Waals surface area contributed by atoms with E-state index in [1.54, 1.807) is 24.3 Å². The Kier molecular flexibility index (Phi) is 5.72. The van der Waals surface area contributed by atoms with Crippen LogP contribution in [0.2, 0.25) is 0 Å². The molecule has 0 bridgehead atoms. The van der Waals surface area contributed by atoms with Crippen LogP contribution in [-0.2, 0) is 12.0 Å². The van der Waals surface area contributed by atoms with Gasteiger partial charge in [-0.25, -0.2) is 4.39 Å². The second-order valence-corrected chi connectivity index (χ2v) is 10.1. The second kappa shape index (κ2) is 9.09. The largest absolute Gasteiger partial charge is 0.307 e. The van der Waals surface area contributed by atoms with E-state index >= 15 is 0 Å². The van der Waals surface area contributed by atoms with Crippen molar-refractivity contribution in [2.45, 2.75) is 24.8 Å². The Morgan fingerprint density at radius 2 is 1.65 bits per heavy atom. The van der Waals surface area contributed by atoms with Crippen LogP contribution in [0.15, 0.2) is 84.9 Å². The maximum Gasteiger partial charge on any atom is 0.269 e. The van der Waals surface area contributed by atoms with E-state index < -0.39 is 4.92 Å². The van der Waals surface area contributed by atoms with Gasteiger partial charge in [0.15, 0.2) is 0 Å². The van der Waals surface area contributed by atoms with Gasteiger partial charge in [-0.15, -0.1) is 0 Å². The number of amides is 1.